The van der Waals surface area contributed by atoms with Gasteiger partial charge in [-0.2, -0.15) is 0 Å². The van der Waals surface area contributed by atoms with E-state index >= 15 is 0 Å². The van der Waals surface area contributed by atoms with Crippen molar-refractivity contribution in [2.24, 2.45) is 0 Å². The van der Waals surface area contributed by atoms with E-state index in [0.717, 1.165) is 6.08 Å². The predicted octanol–water partition coefficient (Wildman–Crippen LogP) is 3.94. The third kappa shape index (κ3) is 5.70. The van der Waals surface area contributed by atoms with Crippen molar-refractivity contribution >= 4 is 62.9 Å². The number of aromatic nitrogens is 1. The molecule has 0 aliphatic carbocycles. The number of anilines is 1. The second-order valence-electron chi connectivity index (χ2n) is 4.12. The lowest BCUT2D eigenvalue weighted by Gasteiger charge is -2.06. The molecule has 0 saturated carbocycles. The van der Waals surface area contributed by atoms with Crippen molar-refractivity contribution < 1.29 is 18.7 Å². The number of ether oxygens (including phenoxy) is 1. The molecule has 0 saturated heterocycles. The smallest absolute Gasteiger partial charge is 0.331 e. The highest BCUT2D eigenvalue weighted by Crippen LogP contribution is 2.22. The number of pyridine rings is 1. The first-order valence-corrected chi connectivity index (χ1v) is 7.70. The van der Waals surface area contributed by atoms with Gasteiger partial charge in [-0.05, 0) is 40.2 Å². The number of amides is 1. The lowest BCUT2D eigenvalue weighted by molar-refractivity contribution is -0.142. The number of nitrogens with one attached hydrogen (secondary N) is 1. The minimum Gasteiger partial charge on any atom is -0.452 e. The molecule has 0 aromatic carbocycles. The zero-order valence-corrected chi connectivity index (χ0v) is 14.5. The Bertz CT molecular complexity index is 761. The third-order valence-corrected chi connectivity index (χ3v) is 3.31. The summed E-state index contributed by atoms with van der Waals surface area (Å²) in [7, 11) is 0. The van der Waals surface area contributed by atoms with Crippen molar-refractivity contribution in [3.8, 4) is 0 Å². The van der Waals surface area contributed by atoms with E-state index in [9.17, 15) is 9.59 Å². The van der Waals surface area contributed by atoms with Gasteiger partial charge < -0.3 is 14.5 Å². The number of carbonyl (C=O) groups is 2. The Morgan fingerprint density at radius 2 is 2.17 bits per heavy atom. The van der Waals surface area contributed by atoms with Crippen LogP contribution in [0.3, 0.4) is 0 Å². The number of rotatable bonds is 5. The van der Waals surface area contributed by atoms with Gasteiger partial charge in [0.25, 0.3) is 5.91 Å². The van der Waals surface area contributed by atoms with Crippen LogP contribution in [0, 0.1) is 0 Å². The highest BCUT2D eigenvalue weighted by Gasteiger charge is 2.09. The molecule has 23 heavy (non-hydrogen) atoms. The van der Waals surface area contributed by atoms with Crippen molar-refractivity contribution in [1.82, 2.24) is 4.98 Å². The summed E-state index contributed by atoms with van der Waals surface area (Å²) in [5, 5.41) is 2.93. The fourth-order valence-electron chi connectivity index (χ4n) is 1.43. The average Bonchev–Trinajstić information content (AvgIpc) is 2.91. The summed E-state index contributed by atoms with van der Waals surface area (Å²) in [5.74, 6) is -0.671. The van der Waals surface area contributed by atoms with E-state index in [2.05, 4.69) is 26.2 Å². The van der Waals surface area contributed by atoms with Gasteiger partial charge in [0.05, 0.1) is 10.0 Å². The summed E-state index contributed by atoms with van der Waals surface area (Å²) in [5.41, 5.74) is 0. The molecule has 1 amide bonds. The molecule has 0 aliphatic heterocycles. The van der Waals surface area contributed by atoms with Gasteiger partial charge in [0, 0.05) is 12.3 Å². The third-order valence-electron chi connectivity index (χ3n) is 2.39. The quantitative estimate of drug-likeness (QED) is 0.586. The molecule has 0 atom stereocenters. The minimum absolute atomic E-state index is 0.132. The number of hydrogen-bond acceptors (Lipinski definition) is 5. The maximum Gasteiger partial charge on any atom is 0.331 e. The highest BCUT2D eigenvalue weighted by atomic mass is 79.9. The minimum atomic E-state index is -0.692. The monoisotopic (exact) mass is 418 g/mol. The molecule has 9 heteroatoms. The van der Waals surface area contributed by atoms with Gasteiger partial charge in [-0.15, -0.1) is 0 Å². The number of hydrogen-bond donors (Lipinski definition) is 1. The Labute approximate surface area is 149 Å². The first-order valence-electron chi connectivity index (χ1n) is 6.15. The van der Waals surface area contributed by atoms with Crippen LogP contribution in [0.25, 0.3) is 6.08 Å². The van der Waals surface area contributed by atoms with Crippen LogP contribution in [0.15, 0.2) is 39.6 Å². The maximum absolute atomic E-state index is 11.7. The fourth-order valence-corrected chi connectivity index (χ4v) is 2.17. The van der Waals surface area contributed by atoms with Crippen LogP contribution < -0.4 is 5.32 Å². The first-order chi connectivity index (χ1) is 10.9. The van der Waals surface area contributed by atoms with Gasteiger partial charge >= 0.3 is 5.97 Å². The van der Waals surface area contributed by atoms with Crippen LogP contribution in [-0.4, -0.2) is 23.5 Å². The molecule has 2 heterocycles. The van der Waals surface area contributed by atoms with Crippen LogP contribution in [0.1, 0.15) is 5.76 Å². The zero-order chi connectivity index (χ0) is 16.8. The molecule has 1 N–H and O–H groups in total. The summed E-state index contributed by atoms with van der Waals surface area (Å²) < 4.78 is 10.5. The van der Waals surface area contributed by atoms with Crippen molar-refractivity contribution in [1.29, 1.82) is 0 Å². The molecule has 0 spiro atoms. The second kappa shape index (κ2) is 8.14. The number of furan rings is 1. The van der Waals surface area contributed by atoms with Gasteiger partial charge in [-0.1, -0.05) is 23.2 Å². The van der Waals surface area contributed by atoms with E-state index in [-0.39, 0.29) is 10.8 Å². The molecule has 0 unspecified atom stereocenters. The molecule has 0 aliphatic rings. The van der Waals surface area contributed by atoms with Gasteiger partial charge in [0.2, 0.25) is 0 Å². The number of halogens is 3. The van der Waals surface area contributed by atoms with Crippen molar-refractivity contribution in [3.63, 3.8) is 0 Å². The molecule has 2 rings (SSSR count). The van der Waals surface area contributed by atoms with Crippen LogP contribution in [-0.2, 0) is 14.3 Å². The highest BCUT2D eigenvalue weighted by molar-refractivity contribution is 9.10. The van der Waals surface area contributed by atoms with Gasteiger partial charge in [0.1, 0.15) is 5.76 Å². The number of carbonyl (C=O) groups excluding carboxylic acids is 2. The summed E-state index contributed by atoms with van der Waals surface area (Å²) in [6, 6.07) is 4.78. The Hall–Kier alpha value is -1.83. The standard InChI is InChI=1S/C14H9BrCl2N2O4/c15-11-3-1-9(23-11)2-4-13(21)22-7-12(20)19-14-10(17)5-8(16)6-18-14/h1-6H,7H2,(H,18,19,20). The molecule has 6 nitrogen and oxygen atoms in total. The zero-order valence-electron chi connectivity index (χ0n) is 11.4. The van der Waals surface area contributed by atoms with Gasteiger partial charge in [0.15, 0.2) is 17.1 Å². The maximum atomic E-state index is 11.7. The predicted molar refractivity (Wildman–Crippen MR) is 89.3 cm³/mol. The van der Waals surface area contributed by atoms with E-state index in [0.29, 0.717) is 15.5 Å². The Balaban J connectivity index is 1.81. The second-order valence-corrected chi connectivity index (χ2v) is 5.74. The van der Waals surface area contributed by atoms with Gasteiger partial charge in [-0.3, -0.25) is 4.79 Å². The van der Waals surface area contributed by atoms with Crippen LogP contribution in [0.5, 0.6) is 0 Å². The molecule has 0 bridgehead atoms. The Morgan fingerprint density at radius 3 is 2.83 bits per heavy atom. The summed E-state index contributed by atoms with van der Waals surface area (Å²) in [6.45, 7) is -0.480. The normalized spacial score (nSPS) is 10.7. The Morgan fingerprint density at radius 1 is 1.39 bits per heavy atom. The van der Waals surface area contributed by atoms with Crippen molar-refractivity contribution in [2.75, 3.05) is 11.9 Å². The topological polar surface area (TPSA) is 81.4 Å². The van der Waals surface area contributed by atoms with Gasteiger partial charge in [-0.25, -0.2) is 9.78 Å². The van der Waals surface area contributed by atoms with Crippen LogP contribution in [0.2, 0.25) is 10.0 Å². The lowest BCUT2D eigenvalue weighted by Crippen LogP contribution is -2.20. The Kier molecular flexibility index (Phi) is 6.20. The summed E-state index contributed by atoms with van der Waals surface area (Å²) in [6.07, 6.45) is 3.90. The molecule has 0 radical (unpaired) electrons. The fraction of sp³-hybridized carbons (Fsp3) is 0.0714. The summed E-state index contributed by atoms with van der Waals surface area (Å²) in [4.78, 5) is 27.0. The molecule has 2 aromatic heterocycles. The molecule has 0 fully saturated rings. The number of esters is 1. The largest absolute Gasteiger partial charge is 0.452 e. The van der Waals surface area contributed by atoms with Crippen molar-refractivity contribution in [2.45, 2.75) is 0 Å². The summed E-state index contributed by atoms with van der Waals surface area (Å²) >= 11 is 14.7. The van der Waals surface area contributed by atoms with E-state index < -0.39 is 18.5 Å². The molecular formula is C14H9BrCl2N2O4. The molecular weight excluding hydrogens is 411 g/mol. The van der Waals surface area contributed by atoms with Crippen LogP contribution in [0.4, 0.5) is 5.82 Å². The SMILES string of the molecule is O=C(COC(=O)C=Cc1ccc(Br)o1)Nc1ncc(Cl)cc1Cl. The van der Waals surface area contributed by atoms with E-state index in [1.54, 1.807) is 12.1 Å². The first kappa shape index (κ1) is 17.5. The molecule has 120 valence electrons. The van der Waals surface area contributed by atoms with E-state index in [1.165, 1.54) is 18.3 Å². The average molecular weight is 420 g/mol. The van der Waals surface area contributed by atoms with Crippen LogP contribution >= 0.6 is 39.1 Å². The molecule has 2 aromatic rings. The van der Waals surface area contributed by atoms with E-state index in [4.69, 9.17) is 32.4 Å². The lowest BCUT2D eigenvalue weighted by atomic mass is 10.4. The number of nitrogens with zero attached hydrogens (tertiary/aromatic N) is 1. The van der Waals surface area contributed by atoms with Crippen molar-refractivity contribution in [3.05, 3.63) is 50.9 Å². The van der Waals surface area contributed by atoms with E-state index in [1.807, 2.05) is 0 Å².